The molecule has 4 heterocycles. The van der Waals surface area contributed by atoms with Gasteiger partial charge in [-0.1, -0.05) is 30.3 Å². The summed E-state index contributed by atoms with van der Waals surface area (Å²) in [5, 5.41) is 5.92. The maximum Gasteiger partial charge on any atom is 0.279 e. The molecule has 1 aromatic carbocycles. The Morgan fingerprint density at radius 2 is 2.11 bits per heavy atom. The normalized spacial score (nSPS) is 28.9. The fourth-order valence-corrected chi connectivity index (χ4v) is 4.61. The summed E-state index contributed by atoms with van der Waals surface area (Å²) in [6.07, 6.45) is -2.32. The van der Waals surface area contributed by atoms with Gasteiger partial charge >= 0.3 is 0 Å². The molecule has 0 bridgehead atoms. The van der Waals surface area contributed by atoms with Gasteiger partial charge in [-0.25, -0.2) is 8.78 Å². The van der Waals surface area contributed by atoms with Crippen LogP contribution in [-0.2, 0) is 9.53 Å². The lowest BCUT2D eigenvalue weighted by Crippen LogP contribution is -2.48. The number of nitrogens with zero attached hydrogens (tertiary/aromatic N) is 3. The SMILES string of the molecule is O=C(c1cc(C(F)F)[nH]n1)N1CC[C@@]23O[C@@H](c4ccccc4)CN2C(=O)C[C@@H]13. The highest BCUT2D eigenvalue weighted by Gasteiger charge is 2.65. The molecule has 5 rings (SSSR count). The van der Waals surface area contributed by atoms with Gasteiger partial charge in [0.2, 0.25) is 5.91 Å². The van der Waals surface area contributed by atoms with Crippen molar-refractivity contribution >= 4 is 11.8 Å². The Bertz CT molecular complexity index is 934. The fraction of sp³-hybridized carbons (Fsp3) is 0.421. The molecule has 3 atom stereocenters. The maximum atomic E-state index is 12.9. The van der Waals surface area contributed by atoms with Gasteiger partial charge in [0, 0.05) is 13.0 Å². The number of carbonyl (C=O) groups excluding carboxylic acids is 2. The van der Waals surface area contributed by atoms with E-state index in [0.717, 1.165) is 11.6 Å². The summed E-state index contributed by atoms with van der Waals surface area (Å²) < 4.78 is 32.0. The second-order valence-electron chi connectivity index (χ2n) is 7.34. The van der Waals surface area contributed by atoms with E-state index < -0.39 is 29.8 Å². The number of likely N-dealkylation sites (tertiary alicyclic amines) is 1. The predicted octanol–water partition coefficient (Wildman–Crippen LogP) is 2.26. The molecule has 3 saturated heterocycles. The van der Waals surface area contributed by atoms with E-state index in [9.17, 15) is 18.4 Å². The standard InChI is InChI=1S/C19H18F2N4O3/c20-17(21)12-8-13(23-22-12)18(27)24-7-6-19-15(24)9-16(26)25(19)10-14(28-19)11-4-2-1-3-5-11/h1-5,8,14-15,17H,6-7,9-10H2,(H,22,23)/t14-,15-,19+/m1/s1. The van der Waals surface area contributed by atoms with Crippen molar-refractivity contribution in [2.75, 3.05) is 13.1 Å². The van der Waals surface area contributed by atoms with Gasteiger partial charge < -0.3 is 14.5 Å². The molecule has 28 heavy (non-hydrogen) atoms. The number of hydrogen-bond donors (Lipinski definition) is 1. The lowest BCUT2D eigenvalue weighted by Gasteiger charge is -2.31. The monoisotopic (exact) mass is 388 g/mol. The van der Waals surface area contributed by atoms with Crippen molar-refractivity contribution in [1.29, 1.82) is 0 Å². The van der Waals surface area contributed by atoms with Crippen LogP contribution in [0.2, 0.25) is 0 Å². The summed E-state index contributed by atoms with van der Waals surface area (Å²) >= 11 is 0. The Hall–Kier alpha value is -2.81. The van der Waals surface area contributed by atoms with E-state index in [2.05, 4.69) is 10.2 Å². The molecule has 3 aliphatic heterocycles. The highest BCUT2D eigenvalue weighted by molar-refractivity contribution is 5.94. The lowest BCUT2D eigenvalue weighted by molar-refractivity contribution is -0.138. The molecule has 2 aromatic rings. The minimum absolute atomic E-state index is 0.0590. The molecule has 146 valence electrons. The number of alkyl halides is 2. The zero-order chi connectivity index (χ0) is 19.5. The summed E-state index contributed by atoms with van der Waals surface area (Å²) in [5.74, 6) is -0.525. The lowest BCUT2D eigenvalue weighted by atomic mass is 10.1. The quantitative estimate of drug-likeness (QED) is 0.875. The number of aromatic nitrogens is 2. The van der Waals surface area contributed by atoms with Crippen LogP contribution >= 0.6 is 0 Å². The number of amides is 2. The number of nitrogens with one attached hydrogen (secondary N) is 1. The van der Waals surface area contributed by atoms with Crippen LogP contribution in [0.5, 0.6) is 0 Å². The van der Waals surface area contributed by atoms with Gasteiger partial charge in [0.05, 0.1) is 19.0 Å². The maximum absolute atomic E-state index is 12.9. The van der Waals surface area contributed by atoms with Crippen molar-refractivity contribution in [2.45, 2.75) is 37.1 Å². The van der Waals surface area contributed by atoms with E-state index in [4.69, 9.17) is 4.74 Å². The molecule has 0 radical (unpaired) electrons. The van der Waals surface area contributed by atoms with Crippen LogP contribution in [0.1, 0.15) is 47.1 Å². The Labute approximate surface area is 159 Å². The molecule has 3 aliphatic rings. The Kier molecular flexibility index (Phi) is 3.77. The van der Waals surface area contributed by atoms with Crippen molar-refractivity contribution in [2.24, 2.45) is 0 Å². The molecule has 1 spiro atoms. The first kappa shape index (κ1) is 17.3. The van der Waals surface area contributed by atoms with Crippen LogP contribution in [0.4, 0.5) is 8.78 Å². The second kappa shape index (κ2) is 6.10. The van der Waals surface area contributed by atoms with E-state index in [-0.39, 0.29) is 24.1 Å². The van der Waals surface area contributed by atoms with E-state index in [1.54, 1.807) is 4.90 Å². The minimum Gasteiger partial charge on any atom is -0.343 e. The third-order valence-corrected chi connectivity index (χ3v) is 5.91. The molecular formula is C19H18F2N4O3. The number of carbonyl (C=O) groups is 2. The Morgan fingerprint density at radius 3 is 2.82 bits per heavy atom. The average Bonchev–Trinajstić information content (AvgIpc) is 3.43. The van der Waals surface area contributed by atoms with Gasteiger partial charge in [0.15, 0.2) is 11.4 Å². The number of aromatic amines is 1. The molecule has 9 heteroatoms. The van der Waals surface area contributed by atoms with Crippen molar-refractivity contribution in [3.8, 4) is 0 Å². The van der Waals surface area contributed by atoms with Gasteiger partial charge in [-0.15, -0.1) is 0 Å². The number of rotatable bonds is 3. The summed E-state index contributed by atoms with van der Waals surface area (Å²) in [6.45, 7) is 0.824. The molecule has 1 aromatic heterocycles. The number of hydrogen-bond acceptors (Lipinski definition) is 4. The highest BCUT2D eigenvalue weighted by Crippen LogP contribution is 2.50. The van der Waals surface area contributed by atoms with Crippen LogP contribution in [0.15, 0.2) is 36.4 Å². The van der Waals surface area contributed by atoms with E-state index in [1.165, 1.54) is 4.90 Å². The van der Waals surface area contributed by atoms with Crippen LogP contribution in [0.25, 0.3) is 0 Å². The van der Waals surface area contributed by atoms with Gasteiger partial charge in [0.1, 0.15) is 11.8 Å². The van der Waals surface area contributed by atoms with Gasteiger partial charge in [-0.05, 0) is 11.6 Å². The first-order valence-corrected chi connectivity index (χ1v) is 9.17. The third-order valence-electron chi connectivity index (χ3n) is 5.91. The molecule has 2 amide bonds. The smallest absolute Gasteiger partial charge is 0.279 e. The molecule has 0 aliphatic carbocycles. The van der Waals surface area contributed by atoms with Crippen LogP contribution in [0, 0.1) is 0 Å². The zero-order valence-electron chi connectivity index (χ0n) is 14.8. The molecule has 3 fully saturated rings. The Morgan fingerprint density at radius 1 is 1.32 bits per heavy atom. The third kappa shape index (κ3) is 2.39. The zero-order valence-corrected chi connectivity index (χ0v) is 14.8. The largest absolute Gasteiger partial charge is 0.343 e. The van der Waals surface area contributed by atoms with Gasteiger partial charge in [-0.3, -0.25) is 14.7 Å². The molecule has 0 unspecified atom stereocenters. The minimum atomic E-state index is -2.73. The Balaban J connectivity index is 1.42. The fourth-order valence-electron chi connectivity index (χ4n) is 4.61. The summed E-state index contributed by atoms with van der Waals surface area (Å²) in [6, 6.07) is 10.3. The number of halogens is 2. The second-order valence-corrected chi connectivity index (χ2v) is 7.34. The van der Waals surface area contributed by atoms with Crippen LogP contribution in [0.3, 0.4) is 0 Å². The van der Waals surface area contributed by atoms with Gasteiger partial charge in [-0.2, -0.15) is 5.10 Å². The first-order chi connectivity index (χ1) is 13.5. The van der Waals surface area contributed by atoms with Crippen LogP contribution in [-0.4, -0.2) is 56.7 Å². The van der Waals surface area contributed by atoms with Crippen LogP contribution < -0.4 is 0 Å². The van der Waals surface area contributed by atoms with Crippen molar-refractivity contribution in [1.82, 2.24) is 20.0 Å². The molecular weight excluding hydrogens is 370 g/mol. The average molecular weight is 388 g/mol. The van der Waals surface area contributed by atoms with Crippen molar-refractivity contribution < 1.29 is 23.1 Å². The summed E-state index contributed by atoms with van der Waals surface area (Å²) in [5.41, 5.74) is -0.343. The van der Waals surface area contributed by atoms with Crippen molar-refractivity contribution in [3.63, 3.8) is 0 Å². The highest BCUT2D eigenvalue weighted by atomic mass is 19.3. The van der Waals surface area contributed by atoms with E-state index in [0.29, 0.717) is 19.5 Å². The van der Waals surface area contributed by atoms with E-state index >= 15 is 0 Å². The number of H-pyrrole nitrogens is 1. The number of benzene rings is 1. The molecule has 0 saturated carbocycles. The summed E-state index contributed by atoms with van der Waals surface area (Å²) in [4.78, 5) is 28.8. The topological polar surface area (TPSA) is 78.5 Å². The molecule has 1 N–H and O–H groups in total. The summed E-state index contributed by atoms with van der Waals surface area (Å²) in [7, 11) is 0. The van der Waals surface area contributed by atoms with E-state index in [1.807, 2.05) is 30.3 Å². The predicted molar refractivity (Wildman–Crippen MR) is 92.3 cm³/mol. The first-order valence-electron chi connectivity index (χ1n) is 9.17. The van der Waals surface area contributed by atoms with Crippen molar-refractivity contribution in [3.05, 3.63) is 53.3 Å². The number of ether oxygens (including phenoxy) is 1. The molecule has 7 nitrogen and oxygen atoms in total. The van der Waals surface area contributed by atoms with Gasteiger partial charge in [0.25, 0.3) is 12.3 Å².